The summed E-state index contributed by atoms with van der Waals surface area (Å²) in [6, 6.07) is 5.26. The summed E-state index contributed by atoms with van der Waals surface area (Å²) in [6.07, 6.45) is 1.73. The summed E-state index contributed by atoms with van der Waals surface area (Å²) in [5.74, 6) is 0.769. The second kappa shape index (κ2) is 8.13. The molecule has 0 atom stereocenters. The minimum Gasteiger partial charge on any atom is -0.384 e. The van der Waals surface area contributed by atoms with E-state index in [0.29, 0.717) is 17.5 Å². The Morgan fingerprint density at radius 1 is 1.15 bits per heavy atom. The zero-order valence-corrected chi connectivity index (χ0v) is 16.5. The van der Waals surface area contributed by atoms with Crippen molar-refractivity contribution in [2.75, 3.05) is 11.1 Å². The summed E-state index contributed by atoms with van der Waals surface area (Å²) in [5, 5.41) is 7.33. The van der Waals surface area contributed by atoms with Crippen molar-refractivity contribution in [2.24, 2.45) is 0 Å². The lowest BCUT2D eigenvalue weighted by Gasteiger charge is -2.07. The second-order valence-corrected chi connectivity index (χ2v) is 6.21. The van der Waals surface area contributed by atoms with E-state index >= 15 is 0 Å². The maximum atomic E-state index is 12.4. The van der Waals surface area contributed by atoms with Crippen LogP contribution in [-0.4, -0.2) is 30.6 Å². The van der Waals surface area contributed by atoms with Gasteiger partial charge in [0.25, 0.3) is 5.95 Å². The fourth-order valence-electron chi connectivity index (χ4n) is 2.77. The number of aryl methyl sites for hydroxylation is 3. The molecule has 0 radical (unpaired) electrons. The number of nitrogens with zero attached hydrogens (tertiary/aromatic N) is 5. The normalized spacial score (nSPS) is 10.4. The van der Waals surface area contributed by atoms with Crippen molar-refractivity contribution in [1.82, 2.24) is 24.7 Å². The highest BCUT2D eigenvalue weighted by Crippen LogP contribution is 2.18. The maximum Gasteiger partial charge on any atom is 0.251 e. The van der Waals surface area contributed by atoms with Gasteiger partial charge >= 0.3 is 0 Å². The van der Waals surface area contributed by atoms with Crippen molar-refractivity contribution >= 4 is 29.8 Å². The van der Waals surface area contributed by atoms with Crippen molar-refractivity contribution in [2.45, 2.75) is 34.1 Å². The Morgan fingerprint density at radius 3 is 2.41 bits per heavy atom. The molecule has 0 saturated carbocycles. The van der Waals surface area contributed by atoms with E-state index in [0.717, 1.165) is 28.3 Å². The number of nitrogen functional groups attached to an aromatic ring is 1. The Morgan fingerprint density at radius 2 is 1.81 bits per heavy atom. The number of halogens is 1. The van der Waals surface area contributed by atoms with Crippen LogP contribution in [0.25, 0.3) is 5.95 Å². The summed E-state index contributed by atoms with van der Waals surface area (Å²) >= 11 is 0. The Hall–Kier alpha value is -3.00. The first-order chi connectivity index (χ1) is 12.3. The van der Waals surface area contributed by atoms with Crippen molar-refractivity contribution in [1.29, 1.82) is 0 Å². The van der Waals surface area contributed by atoms with E-state index in [1.54, 1.807) is 16.8 Å². The average Bonchev–Trinajstić information content (AvgIpc) is 2.84. The van der Waals surface area contributed by atoms with Gasteiger partial charge in [-0.1, -0.05) is 0 Å². The van der Waals surface area contributed by atoms with E-state index in [-0.39, 0.29) is 24.7 Å². The third-order valence-electron chi connectivity index (χ3n) is 4.01. The van der Waals surface area contributed by atoms with Crippen molar-refractivity contribution in [3.8, 4) is 5.95 Å². The van der Waals surface area contributed by atoms with Crippen molar-refractivity contribution < 1.29 is 4.79 Å². The molecule has 3 rings (SSSR count). The summed E-state index contributed by atoms with van der Waals surface area (Å²) < 4.78 is 1.68. The van der Waals surface area contributed by atoms with Crippen LogP contribution in [0, 0.1) is 27.7 Å². The molecular weight excluding hydrogens is 366 g/mol. The SMILES string of the molecule is Cc1cc(C)nc(-n2nc(C)c(CC(=O)Nc3ccc(N)nc3)c2C)n1.Cl. The predicted molar refractivity (Wildman–Crippen MR) is 106 cm³/mol. The molecule has 0 aliphatic carbocycles. The van der Waals surface area contributed by atoms with Gasteiger partial charge in [0.2, 0.25) is 5.91 Å². The molecule has 27 heavy (non-hydrogen) atoms. The van der Waals surface area contributed by atoms with E-state index in [1.807, 2.05) is 33.8 Å². The number of nitrogens with one attached hydrogen (secondary N) is 1. The lowest BCUT2D eigenvalue weighted by molar-refractivity contribution is -0.115. The van der Waals surface area contributed by atoms with Gasteiger partial charge in [-0.15, -0.1) is 12.4 Å². The van der Waals surface area contributed by atoms with Crippen molar-refractivity contribution in [3.63, 3.8) is 0 Å². The highest BCUT2D eigenvalue weighted by molar-refractivity contribution is 5.92. The zero-order valence-electron chi connectivity index (χ0n) is 15.6. The molecule has 0 aromatic carbocycles. The smallest absolute Gasteiger partial charge is 0.251 e. The highest BCUT2D eigenvalue weighted by atomic mass is 35.5. The van der Waals surface area contributed by atoms with Gasteiger partial charge in [0.05, 0.1) is 24.0 Å². The van der Waals surface area contributed by atoms with Gasteiger partial charge in [-0.3, -0.25) is 4.79 Å². The van der Waals surface area contributed by atoms with Crippen LogP contribution in [0.2, 0.25) is 0 Å². The largest absolute Gasteiger partial charge is 0.384 e. The molecule has 3 N–H and O–H groups in total. The van der Waals surface area contributed by atoms with Gasteiger partial charge in [-0.25, -0.2) is 19.6 Å². The predicted octanol–water partition coefficient (Wildman–Crippen LogP) is 2.48. The van der Waals surface area contributed by atoms with Crippen LogP contribution in [-0.2, 0) is 11.2 Å². The number of anilines is 2. The standard InChI is InChI=1S/C18H21N7O.ClH/c1-10-7-11(2)22-18(21-10)25-13(4)15(12(3)24-25)8-17(26)23-14-5-6-16(19)20-9-14;/h5-7,9H,8H2,1-4H3,(H2,19,20)(H,23,26);1H. The Bertz CT molecular complexity index is 946. The number of hydrogen-bond donors (Lipinski definition) is 2. The molecule has 8 nitrogen and oxygen atoms in total. The first-order valence-corrected chi connectivity index (χ1v) is 8.22. The van der Waals surface area contributed by atoms with E-state index in [4.69, 9.17) is 5.73 Å². The van der Waals surface area contributed by atoms with Gasteiger partial charge in [0, 0.05) is 22.6 Å². The molecule has 1 amide bonds. The van der Waals surface area contributed by atoms with Crippen LogP contribution < -0.4 is 11.1 Å². The zero-order chi connectivity index (χ0) is 18.8. The molecular formula is C18H22ClN7O. The van der Waals surface area contributed by atoms with Crippen LogP contribution in [0.15, 0.2) is 24.4 Å². The van der Waals surface area contributed by atoms with Crippen LogP contribution in [0.4, 0.5) is 11.5 Å². The van der Waals surface area contributed by atoms with Gasteiger partial charge in [0.1, 0.15) is 5.82 Å². The number of amides is 1. The van der Waals surface area contributed by atoms with Gasteiger partial charge in [0.15, 0.2) is 0 Å². The number of pyridine rings is 1. The third kappa shape index (κ3) is 4.59. The minimum atomic E-state index is -0.149. The van der Waals surface area contributed by atoms with E-state index in [1.165, 1.54) is 6.20 Å². The lowest BCUT2D eigenvalue weighted by atomic mass is 10.1. The highest BCUT2D eigenvalue weighted by Gasteiger charge is 2.17. The Balaban J connectivity index is 0.00000261. The number of nitrogens with two attached hydrogens (primary N) is 1. The number of aromatic nitrogens is 5. The summed E-state index contributed by atoms with van der Waals surface area (Å²) in [4.78, 5) is 25.2. The molecule has 0 spiro atoms. The quantitative estimate of drug-likeness (QED) is 0.711. The van der Waals surface area contributed by atoms with Crippen LogP contribution in [0.1, 0.15) is 28.3 Å². The molecule has 0 fully saturated rings. The van der Waals surface area contributed by atoms with E-state index in [2.05, 4.69) is 25.4 Å². The van der Waals surface area contributed by atoms with Gasteiger partial charge in [-0.05, 0) is 45.9 Å². The van der Waals surface area contributed by atoms with Crippen molar-refractivity contribution in [3.05, 3.63) is 52.7 Å². The fraction of sp³-hybridized carbons (Fsp3) is 0.278. The number of carbonyl (C=O) groups is 1. The Kier molecular flexibility index (Phi) is 6.12. The van der Waals surface area contributed by atoms with Crippen LogP contribution >= 0.6 is 12.4 Å². The number of rotatable bonds is 4. The van der Waals surface area contributed by atoms with Gasteiger partial charge in [-0.2, -0.15) is 5.10 Å². The minimum absolute atomic E-state index is 0. The lowest BCUT2D eigenvalue weighted by Crippen LogP contribution is -2.15. The molecule has 142 valence electrons. The number of hydrogen-bond acceptors (Lipinski definition) is 6. The average molecular weight is 388 g/mol. The molecule has 3 aromatic heterocycles. The molecule has 0 unspecified atom stereocenters. The monoisotopic (exact) mass is 387 g/mol. The summed E-state index contributed by atoms with van der Waals surface area (Å²) in [5.41, 5.74) is 10.4. The first kappa shape index (κ1) is 20.3. The maximum absolute atomic E-state index is 12.4. The molecule has 0 aliphatic rings. The van der Waals surface area contributed by atoms with E-state index in [9.17, 15) is 4.79 Å². The molecule has 0 bridgehead atoms. The summed E-state index contributed by atoms with van der Waals surface area (Å²) in [7, 11) is 0. The molecule has 0 aliphatic heterocycles. The second-order valence-electron chi connectivity index (χ2n) is 6.21. The molecule has 3 aromatic rings. The van der Waals surface area contributed by atoms with Crippen LogP contribution in [0.5, 0.6) is 0 Å². The fourth-order valence-corrected chi connectivity index (χ4v) is 2.77. The first-order valence-electron chi connectivity index (χ1n) is 8.22. The Labute approximate surface area is 163 Å². The third-order valence-corrected chi connectivity index (χ3v) is 4.01. The number of carbonyl (C=O) groups excluding carboxylic acids is 1. The van der Waals surface area contributed by atoms with E-state index < -0.39 is 0 Å². The molecule has 3 heterocycles. The van der Waals surface area contributed by atoms with Gasteiger partial charge < -0.3 is 11.1 Å². The molecule has 9 heteroatoms. The summed E-state index contributed by atoms with van der Waals surface area (Å²) in [6.45, 7) is 7.62. The van der Waals surface area contributed by atoms with Crippen LogP contribution in [0.3, 0.4) is 0 Å². The molecule has 0 saturated heterocycles. The topological polar surface area (TPSA) is 112 Å².